The molecule has 3 rings (SSSR count). The average Bonchev–Trinajstić information content (AvgIpc) is 3.07. The summed E-state index contributed by atoms with van der Waals surface area (Å²) in [7, 11) is 0. The van der Waals surface area contributed by atoms with Crippen LogP contribution in [0, 0.1) is 10.1 Å². The minimum Gasteiger partial charge on any atom is -0.387 e. The number of hydrogen-bond donors (Lipinski definition) is 1. The Morgan fingerprint density at radius 2 is 1.65 bits per heavy atom. The summed E-state index contributed by atoms with van der Waals surface area (Å²) < 4.78 is 1.27. The number of benzene rings is 1. The molecule has 0 saturated carbocycles. The molecule has 8 nitrogen and oxygen atoms in total. The smallest absolute Gasteiger partial charge is 0.323 e. The molecule has 0 aliphatic carbocycles. The van der Waals surface area contributed by atoms with Gasteiger partial charge >= 0.3 is 5.82 Å². The SMILES string of the molecule is O=C1c2ccccc2C(=O)N1C[C@H](O)Cn1cccc1[N+](=O)[O-]. The Bertz CT molecular complexity index is 763. The standard InChI is InChI=1S/C15H13N3O5/c19-10(8-16-7-3-6-13(16)18(22)23)9-17-14(20)11-4-1-2-5-12(11)15(17)21/h1-7,10,19H,8-9H2/t10-/m1/s1. The highest BCUT2D eigenvalue weighted by atomic mass is 16.6. The van der Waals surface area contributed by atoms with Gasteiger partial charge in [-0.15, -0.1) is 0 Å². The van der Waals surface area contributed by atoms with E-state index >= 15 is 0 Å². The largest absolute Gasteiger partial charge is 0.387 e. The summed E-state index contributed by atoms with van der Waals surface area (Å²) in [5, 5.41) is 21.0. The molecule has 118 valence electrons. The van der Waals surface area contributed by atoms with E-state index in [9.17, 15) is 24.8 Å². The minimum absolute atomic E-state index is 0.0866. The van der Waals surface area contributed by atoms with E-state index in [2.05, 4.69) is 0 Å². The van der Waals surface area contributed by atoms with Crippen LogP contribution in [0.4, 0.5) is 5.82 Å². The lowest BCUT2D eigenvalue weighted by atomic mass is 10.1. The maximum absolute atomic E-state index is 12.2. The van der Waals surface area contributed by atoms with Crippen molar-refractivity contribution in [2.45, 2.75) is 12.6 Å². The van der Waals surface area contributed by atoms with Gasteiger partial charge in [-0.1, -0.05) is 12.1 Å². The summed E-state index contributed by atoms with van der Waals surface area (Å²) in [4.78, 5) is 35.6. The van der Waals surface area contributed by atoms with Crippen LogP contribution in [0.25, 0.3) is 0 Å². The Hall–Kier alpha value is -3.00. The average molecular weight is 315 g/mol. The minimum atomic E-state index is -1.11. The molecular formula is C15H13N3O5. The summed E-state index contributed by atoms with van der Waals surface area (Å²) in [6.07, 6.45) is 0.354. The number of fused-ring (bicyclic) bond motifs is 1. The van der Waals surface area contributed by atoms with E-state index in [1.807, 2.05) is 0 Å². The van der Waals surface area contributed by atoms with Gasteiger partial charge in [-0.3, -0.25) is 14.5 Å². The zero-order valence-electron chi connectivity index (χ0n) is 12.0. The van der Waals surface area contributed by atoms with Crippen LogP contribution in [0.5, 0.6) is 0 Å². The van der Waals surface area contributed by atoms with Gasteiger partial charge in [0.15, 0.2) is 0 Å². The molecule has 0 unspecified atom stereocenters. The number of β-amino-alcohol motifs (C(OH)–C–C–N with tert-alkyl or cyclic N) is 1. The normalized spacial score (nSPS) is 14.9. The number of aliphatic hydroxyl groups is 1. The van der Waals surface area contributed by atoms with Crippen LogP contribution in [-0.2, 0) is 6.54 Å². The van der Waals surface area contributed by atoms with Crippen LogP contribution in [-0.4, -0.2) is 44.0 Å². The number of nitro groups is 1. The molecule has 1 aromatic heterocycles. The topological polar surface area (TPSA) is 106 Å². The van der Waals surface area contributed by atoms with Crippen LogP contribution < -0.4 is 0 Å². The Labute approximate surface area is 130 Å². The number of carbonyl (C=O) groups is 2. The predicted octanol–water partition coefficient (Wildman–Crippen LogP) is 1.05. The zero-order valence-corrected chi connectivity index (χ0v) is 12.0. The summed E-state index contributed by atoms with van der Waals surface area (Å²) in [5.41, 5.74) is 0.605. The first-order valence-electron chi connectivity index (χ1n) is 6.92. The van der Waals surface area contributed by atoms with E-state index < -0.39 is 22.8 Å². The third kappa shape index (κ3) is 2.59. The fourth-order valence-corrected chi connectivity index (χ4v) is 2.63. The molecule has 1 aliphatic rings. The summed E-state index contributed by atoms with van der Waals surface area (Å²) in [6.45, 7) is -0.307. The van der Waals surface area contributed by atoms with Crippen molar-refractivity contribution in [1.82, 2.24) is 9.47 Å². The zero-order chi connectivity index (χ0) is 16.6. The summed E-state index contributed by atoms with van der Waals surface area (Å²) in [5.74, 6) is -1.09. The second kappa shape index (κ2) is 5.65. The number of carbonyl (C=O) groups excluding carboxylic acids is 2. The number of rotatable bonds is 5. The summed E-state index contributed by atoms with van der Waals surface area (Å²) >= 11 is 0. The van der Waals surface area contributed by atoms with Crippen LogP contribution in [0.2, 0.25) is 0 Å². The molecule has 8 heteroatoms. The van der Waals surface area contributed by atoms with Crippen LogP contribution >= 0.6 is 0 Å². The molecule has 1 atom stereocenters. The number of amides is 2. The molecule has 23 heavy (non-hydrogen) atoms. The Kier molecular flexibility index (Phi) is 3.67. The lowest BCUT2D eigenvalue weighted by molar-refractivity contribution is -0.392. The third-order valence-electron chi connectivity index (χ3n) is 3.67. The highest BCUT2D eigenvalue weighted by Crippen LogP contribution is 2.23. The molecule has 2 heterocycles. The van der Waals surface area contributed by atoms with Crippen molar-refractivity contribution in [1.29, 1.82) is 0 Å². The van der Waals surface area contributed by atoms with Crippen LogP contribution in [0.15, 0.2) is 42.6 Å². The third-order valence-corrected chi connectivity index (χ3v) is 3.67. The molecule has 2 amide bonds. The molecule has 0 saturated heterocycles. The van der Waals surface area contributed by atoms with Crippen LogP contribution in [0.1, 0.15) is 20.7 Å². The van der Waals surface area contributed by atoms with Gasteiger partial charge in [0.25, 0.3) is 11.8 Å². The Morgan fingerprint density at radius 1 is 1.04 bits per heavy atom. The molecule has 1 N–H and O–H groups in total. The number of aromatic nitrogens is 1. The van der Waals surface area contributed by atoms with Crippen molar-refractivity contribution in [3.05, 3.63) is 63.8 Å². The van der Waals surface area contributed by atoms with Crippen molar-refractivity contribution in [2.75, 3.05) is 6.54 Å². The first-order chi connectivity index (χ1) is 11.0. The first-order valence-corrected chi connectivity index (χ1v) is 6.92. The first kappa shape index (κ1) is 14.9. The van der Waals surface area contributed by atoms with Gasteiger partial charge in [0.1, 0.15) is 12.6 Å². The monoisotopic (exact) mass is 315 g/mol. The van der Waals surface area contributed by atoms with E-state index in [4.69, 9.17) is 0 Å². The lowest BCUT2D eigenvalue weighted by Crippen LogP contribution is -2.38. The maximum atomic E-state index is 12.2. The molecule has 1 aromatic carbocycles. The van der Waals surface area contributed by atoms with Gasteiger partial charge in [0.05, 0.1) is 23.9 Å². The fourth-order valence-electron chi connectivity index (χ4n) is 2.63. The van der Waals surface area contributed by atoms with E-state index in [-0.39, 0.29) is 18.9 Å². The van der Waals surface area contributed by atoms with Gasteiger partial charge in [0, 0.05) is 6.07 Å². The molecule has 0 fully saturated rings. The summed E-state index contributed by atoms with van der Waals surface area (Å²) in [6, 6.07) is 9.24. The molecule has 1 aliphatic heterocycles. The van der Waals surface area contributed by atoms with Crippen LogP contribution in [0.3, 0.4) is 0 Å². The van der Waals surface area contributed by atoms with Crippen molar-refractivity contribution in [2.24, 2.45) is 0 Å². The van der Waals surface area contributed by atoms with Gasteiger partial charge in [-0.05, 0) is 23.1 Å². The van der Waals surface area contributed by atoms with Crippen molar-refractivity contribution in [3.8, 4) is 0 Å². The molecular weight excluding hydrogens is 302 g/mol. The second-order valence-electron chi connectivity index (χ2n) is 5.20. The molecule has 0 spiro atoms. The van der Waals surface area contributed by atoms with E-state index in [1.54, 1.807) is 24.3 Å². The molecule has 0 bridgehead atoms. The predicted molar refractivity (Wildman–Crippen MR) is 78.9 cm³/mol. The van der Waals surface area contributed by atoms with Gasteiger partial charge < -0.3 is 15.2 Å². The second-order valence-corrected chi connectivity index (χ2v) is 5.20. The lowest BCUT2D eigenvalue weighted by Gasteiger charge is -2.17. The molecule has 0 radical (unpaired) electrons. The highest BCUT2D eigenvalue weighted by Gasteiger charge is 2.36. The Morgan fingerprint density at radius 3 is 2.22 bits per heavy atom. The number of nitrogens with zero attached hydrogens (tertiary/aromatic N) is 3. The van der Waals surface area contributed by atoms with Gasteiger partial charge in [-0.2, -0.15) is 0 Å². The fraction of sp³-hybridized carbons (Fsp3) is 0.200. The van der Waals surface area contributed by atoms with E-state index in [0.29, 0.717) is 11.1 Å². The quantitative estimate of drug-likeness (QED) is 0.504. The van der Waals surface area contributed by atoms with Crippen molar-refractivity contribution < 1.29 is 19.6 Å². The van der Waals surface area contributed by atoms with E-state index in [1.165, 1.54) is 22.9 Å². The molecule has 2 aromatic rings. The van der Waals surface area contributed by atoms with Crippen molar-refractivity contribution >= 4 is 17.6 Å². The number of hydrogen-bond acceptors (Lipinski definition) is 5. The Balaban J connectivity index is 1.73. The number of aliphatic hydroxyl groups excluding tert-OH is 1. The van der Waals surface area contributed by atoms with Crippen molar-refractivity contribution in [3.63, 3.8) is 0 Å². The number of imide groups is 1. The highest BCUT2D eigenvalue weighted by molar-refractivity contribution is 6.21. The van der Waals surface area contributed by atoms with Gasteiger partial charge in [0.2, 0.25) is 0 Å². The maximum Gasteiger partial charge on any atom is 0.323 e. The van der Waals surface area contributed by atoms with Gasteiger partial charge in [-0.25, -0.2) is 4.57 Å². The van der Waals surface area contributed by atoms with E-state index in [0.717, 1.165) is 4.90 Å².